The number of rotatable bonds is 4. The molecule has 0 spiro atoms. The van der Waals surface area contributed by atoms with Crippen LogP contribution in [0.25, 0.3) is 16.9 Å². The highest BCUT2D eigenvalue weighted by atomic mass is 16.5. The van der Waals surface area contributed by atoms with Crippen molar-refractivity contribution < 1.29 is 14.3 Å². The van der Waals surface area contributed by atoms with Gasteiger partial charge in [0.05, 0.1) is 26.0 Å². The van der Waals surface area contributed by atoms with Gasteiger partial charge in [-0.3, -0.25) is 4.79 Å². The molecule has 1 fully saturated rings. The molecular weight excluding hydrogens is 362 g/mol. The molecule has 4 rings (SSSR count). The van der Waals surface area contributed by atoms with Crippen molar-refractivity contribution in [3.63, 3.8) is 0 Å². The Morgan fingerprint density at radius 2 is 1.93 bits per heavy atom. The van der Waals surface area contributed by atoms with Crippen LogP contribution in [0.2, 0.25) is 0 Å². The highest BCUT2D eigenvalue weighted by Gasteiger charge is 2.20. The van der Waals surface area contributed by atoms with Crippen LogP contribution in [0.15, 0.2) is 35.1 Å². The molecule has 0 bridgehead atoms. The van der Waals surface area contributed by atoms with Gasteiger partial charge in [0.2, 0.25) is 5.91 Å². The molecular formula is C19H21N5O4. The fourth-order valence-corrected chi connectivity index (χ4v) is 3.25. The standard InChI is InChI=1S/C19H21N5O4/c1-13-20-16(14-3-5-15(27-2)6-4-14)11-17-21-23(19(26)24(13)17)12-18(25)22-7-9-28-10-8-22/h3-6,11H,7-10,12H2,1-2H3. The summed E-state index contributed by atoms with van der Waals surface area (Å²) >= 11 is 0. The smallest absolute Gasteiger partial charge is 0.352 e. The predicted molar refractivity (Wildman–Crippen MR) is 101 cm³/mol. The summed E-state index contributed by atoms with van der Waals surface area (Å²) in [6.45, 7) is 3.74. The van der Waals surface area contributed by atoms with Gasteiger partial charge < -0.3 is 14.4 Å². The second-order valence-corrected chi connectivity index (χ2v) is 6.54. The maximum absolute atomic E-state index is 12.7. The summed E-state index contributed by atoms with van der Waals surface area (Å²) in [7, 11) is 1.61. The van der Waals surface area contributed by atoms with Crippen molar-refractivity contribution in [1.82, 2.24) is 24.1 Å². The van der Waals surface area contributed by atoms with Crippen LogP contribution in [0.3, 0.4) is 0 Å². The maximum atomic E-state index is 12.7. The van der Waals surface area contributed by atoms with Crippen molar-refractivity contribution in [1.29, 1.82) is 0 Å². The fourth-order valence-electron chi connectivity index (χ4n) is 3.25. The minimum atomic E-state index is -0.372. The summed E-state index contributed by atoms with van der Waals surface area (Å²) in [6, 6.07) is 9.23. The number of ether oxygens (including phenoxy) is 2. The highest BCUT2D eigenvalue weighted by Crippen LogP contribution is 2.21. The lowest BCUT2D eigenvalue weighted by atomic mass is 10.1. The molecule has 0 N–H and O–H groups in total. The molecule has 0 radical (unpaired) electrons. The number of fused-ring (bicyclic) bond motifs is 1. The third-order valence-electron chi connectivity index (χ3n) is 4.77. The molecule has 1 amide bonds. The monoisotopic (exact) mass is 383 g/mol. The largest absolute Gasteiger partial charge is 0.497 e. The summed E-state index contributed by atoms with van der Waals surface area (Å²) in [6.07, 6.45) is 0. The highest BCUT2D eigenvalue weighted by molar-refractivity contribution is 5.76. The second kappa shape index (κ2) is 7.43. The van der Waals surface area contributed by atoms with E-state index in [-0.39, 0.29) is 18.1 Å². The van der Waals surface area contributed by atoms with Crippen molar-refractivity contribution in [2.24, 2.45) is 0 Å². The molecule has 0 saturated carbocycles. The molecule has 1 saturated heterocycles. The molecule has 1 aromatic carbocycles. The Morgan fingerprint density at radius 1 is 1.21 bits per heavy atom. The quantitative estimate of drug-likeness (QED) is 0.660. The Bertz CT molecular complexity index is 1060. The number of hydrogen-bond acceptors (Lipinski definition) is 6. The number of carbonyl (C=O) groups is 1. The van der Waals surface area contributed by atoms with Crippen LogP contribution >= 0.6 is 0 Å². The first-order valence-electron chi connectivity index (χ1n) is 9.04. The second-order valence-electron chi connectivity index (χ2n) is 6.54. The molecule has 146 valence electrons. The summed E-state index contributed by atoms with van der Waals surface area (Å²) in [5.74, 6) is 1.12. The third kappa shape index (κ3) is 3.36. The summed E-state index contributed by atoms with van der Waals surface area (Å²) in [5, 5.41) is 4.35. The Hall–Kier alpha value is -3.20. The number of nitrogens with zero attached hydrogens (tertiary/aromatic N) is 5. The van der Waals surface area contributed by atoms with E-state index in [1.54, 1.807) is 25.0 Å². The number of aryl methyl sites for hydroxylation is 1. The molecule has 0 atom stereocenters. The molecule has 3 heterocycles. The van der Waals surface area contributed by atoms with Gasteiger partial charge >= 0.3 is 5.69 Å². The van der Waals surface area contributed by atoms with E-state index < -0.39 is 0 Å². The number of carbonyl (C=O) groups excluding carboxylic acids is 1. The average Bonchev–Trinajstić information content (AvgIpc) is 3.04. The van der Waals surface area contributed by atoms with Gasteiger partial charge in [-0.25, -0.2) is 18.9 Å². The van der Waals surface area contributed by atoms with Crippen LogP contribution in [-0.4, -0.2) is 63.4 Å². The van der Waals surface area contributed by atoms with Crippen molar-refractivity contribution in [3.05, 3.63) is 46.6 Å². The minimum Gasteiger partial charge on any atom is -0.497 e. The third-order valence-corrected chi connectivity index (χ3v) is 4.77. The fraction of sp³-hybridized carbons (Fsp3) is 0.368. The average molecular weight is 383 g/mol. The van der Waals surface area contributed by atoms with Gasteiger partial charge in [-0.1, -0.05) is 0 Å². The van der Waals surface area contributed by atoms with Gasteiger partial charge in [0.1, 0.15) is 18.1 Å². The SMILES string of the molecule is COc1ccc(-c2cc3nn(CC(=O)N4CCOCC4)c(=O)n3c(C)n2)cc1. The molecule has 0 aliphatic carbocycles. The first-order chi connectivity index (χ1) is 13.6. The zero-order valence-corrected chi connectivity index (χ0v) is 15.8. The zero-order chi connectivity index (χ0) is 19.7. The van der Waals surface area contributed by atoms with E-state index in [4.69, 9.17) is 9.47 Å². The van der Waals surface area contributed by atoms with Crippen LogP contribution in [0.1, 0.15) is 5.82 Å². The van der Waals surface area contributed by atoms with Crippen molar-refractivity contribution >= 4 is 11.6 Å². The number of morpholine rings is 1. The lowest BCUT2D eigenvalue weighted by Gasteiger charge is -2.26. The number of methoxy groups -OCH3 is 1. The van der Waals surface area contributed by atoms with Gasteiger partial charge in [-0.15, -0.1) is 5.10 Å². The van der Waals surface area contributed by atoms with Crippen molar-refractivity contribution in [3.8, 4) is 17.0 Å². The van der Waals surface area contributed by atoms with Crippen LogP contribution < -0.4 is 10.4 Å². The normalized spacial score (nSPS) is 14.4. The number of benzene rings is 1. The van der Waals surface area contributed by atoms with Gasteiger partial charge in [0, 0.05) is 24.7 Å². The number of hydrogen-bond donors (Lipinski definition) is 0. The van der Waals surface area contributed by atoms with E-state index in [1.165, 1.54) is 9.08 Å². The first-order valence-corrected chi connectivity index (χ1v) is 9.04. The Morgan fingerprint density at radius 3 is 2.61 bits per heavy atom. The predicted octanol–water partition coefficient (Wildman–Crippen LogP) is 0.734. The van der Waals surface area contributed by atoms with E-state index in [2.05, 4.69) is 10.1 Å². The van der Waals surface area contributed by atoms with Gasteiger partial charge in [-0.2, -0.15) is 0 Å². The van der Waals surface area contributed by atoms with Crippen molar-refractivity contribution in [2.45, 2.75) is 13.5 Å². The maximum Gasteiger partial charge on any atom is 0.352 e. The lowest BCUT2D eigenvalue weighted by molar-refractivity contribution is -0.136. The van der Waals surface area contributed by atoms with E-state index >= 15 is 0 Å². The van der Waals surface area contributed by atoms with E-state index in [0.717, 1.165) is 11.3 Å². The lowest BCUT2D eigenvalue weighted by Crippen LogP contribution is -2.43. The zero-order valence-electron chi connectivity index (χ0n) is 15.8. The summed E-state index contributed by atoms with van der Waals surface area (Å²) in [5.41, 5.74) is 1.67. The Labute approximate surface area is 161 Å². The van der Waals surface area contributed by atoms with Crippen LogP contribution in [0.4, 0.5) is 0 Å². The first kappa shape index (κ1) is 18.2. The molecule has 0 unspecified atom stereocenters. The van der Waals surface area contributed by atoms with Crippen molar-refractivity contribution in [2.75, 3.05) is 33.4 Å². The molecule has 2 aromatic heterocycles. The molecule has 1 aliphatic rings. The molecule has 3 aromatic rings. The Balaban J connectivity index is 1.66. The molecule has 9 nitrogen and oxygen atoms in total. The van der Waals surface area contributed by atoms with Crippen LogP contribution in [-0.2, 0) is 16.1 Å². The van der Waals surface area contributed by atoms with Crippen LogP contribution in [0, 0.1) is 6.92 Å². The van der Waals surface area contributed by atoms with E-state index in [1.807, 2.05) is 24.3 Å². The molecule has 9 heteroatoms. The summed E-state index contributed by atoms with van der Waals surface area (Å²) < 4.78 is 13.0. The summed E-state index contributed by atoms with van der Waals surface area (Å²) in [4.78, 5) is 31.4. The topological polar surface area (TPSA) is 91.0 Å². The van der Waals surface area contributed by atoms with Gasteiger partial charge in [0.15, 0.2) is 5.65 Å². The molecule has 28 heavy (non-hydrogen) atoms. The van der Waals surface area contributed by atoms with E-state index in [0.29, 0.717) is 43.5 Å². The van der Waals surface area contributed by atoms with Crippen LogP contribution in [0.5, 0.6) is 5.75 Å². The van der Waals surface area contributed by atoms with Gasteiger partial charge in [-0.05, 0) is 31.2 Å². The molecule has 1 aliphatic heterocycles. The number of amides is 1. The minimum absolute atomic E-state index is 0.0994. The number of aromatic nitrogens is 4. The Kier molecular flexibility index (Phi) is 4.82. The van der Waals surface area contributed by atoms with Gasteiger partial charge in [0.25, 0.3) is 0 Å². The van der Waals surface area contributed by atoms with E-state index in [9.17, 15) is 9.59 Å².